The molecule has 0 bridgehead atoms. The number of carbonyl (C=O) groups is 1. The van der Waals surface area contributed by atoms with E-state index in [1.165, 1.54) is 11.8 Å². The van der Waals surface area contributed by atoms with Gasteiger partial charge in [0.1, 0.15) is 6.61 Å². The van der Waals surface area contributed by atoms with Crippen molar-refractivity contribution in [3.63, 3.8) is 0 Å². The number of nitrogens with one attached hydrogen (secondary N) is 1. The molecule has 0 saturated carbocycles. The summed E-state index contributed by atoms with van der Waals surface area (Å²) in [6, 6.07) is 16.8. The Balaban J connectivity index is 1.56. The van der Waals surface area contributed by atoms with E-state index in [4.69, 9.17) is 32.7 Å². The molecule has 3 aromatic rings. The van der Waals surface area contributed by atoms with E-state index in [2.05, 4.69) is 42.2 Å². The maximum atomic E-state index is 12.6. The number of carbonyl (C=O) groups excluding carboxylic acids is 1. The molecule has 1 heterocycles. The molecule has 0 unspecified atom stereocenters. The van der Waals surface area contributed by atoms with E-state index in [1.807, 2.05) is 43.3 Å². The molecular formula is C25H18Br2Cl2N2O3S. The van der Waals surface area contributed by atoms with Crippen molar-refractivity contribution in [3.8, 4) is 11.5 Å². The molecule has 0 aromatic heterocycles. The molecule has 1 fully saturated rings. The number of benzene rings is 3. The maximum Gasteiger partial charge on any atom is 0.264 e. The van der Waals surface area contributed by atoms with Crippen LogP contribution in [0, 0.1) is 0 Å². The summed E-state index contributed by atoms with van der Waals surface area (Å²) < 4.78 is 13.6. The predicted octanol–water partition coefficient (Wildman–Crippen LogP) is 8.39. The first-order chi connectivity index (χ1) is 16.8. The van der Waals surface area contributed by atoms with Gasteiger partial charge in [-0.25, -0.2) is 4.99 Å². The van der Waals surface area contributed by atoms with Crippen molar-refractivity contribution in [3.05, 3.63) is 89.6 Å². The summed E-state index contributed by atoms with van der Waals surface area (Å²) in [6.07, 6.45) is 1.77. The van der Waals surface area contributed by atoms with Crippen molar-refractivity contribution in [2.24, 2.45) is 4.99 Å². The normalized spacial score (nSPS) is 15.5. The topological polar surface area (TPSA) is 59.9 Å². The molecule has 10 heteroatoms. The number of halogens is 4. The second-order valence-electron chi connectivity index (χ2n) is 7.23. The van der Waals surface area contributed by atoms with Gasteiger partial charge in [0.25, 0.3) is 5.91 Å². The monoisotopic (exact) mass is 654 g/mol. The van der Waals surface area contributed by atoms with Crippen LogP contribution in [-0.2, 0) is 11.4 Å². The average Bonchev–Trinajstić information content (AvgIpc) is 3.16. The van der Waals surface area contributed by atoms with Crippen LogP contribution < -0.4 is 14.8 Å². The molecule has 1 N–H and O–H groups in total. The third-order valence-corrected chi connectivity index (χ3v) is 7.57. The number of nitrogens with zero attached hydrogens (tertiary/aromatic N) is 1. The van der Waals surface area contributed by atoms with Gasteiger partial charge in [0.05, 0.1) is 31.7 Å². The molecule has 0 spiro atoms. The Labute approximate surface area is 234 Å². The standard InChI is InChI=1S/C25H18Br2Cl2N2O3S/c1-2-33-20-11-15(10-17(27)23(20)34-13-14-6-8-16(26)9-7-14)12-21-24(32)31-25(35-21)30-19-5-3-4-18(28)22(19)29/h3-12H,2,13H2,1H3,(H,30,31,32)/b21-12+. The SMILES string of the molecule is CCOc1cc(/C=C2/SC(=Nc3cccc(Cl)c3Cl)NC2=O)cc(Br)c1OCc1ccc(Br)cc1. The average molecular weight is 657 g/mol. The van der Waals surface area contributed by atoms with Gasteiger partial charge in [-0.15, -0.1) is 0 Å². The van der Waals surface area contributed by atoms with Crippen molar-refractivity contribution in [1.82, 2.24) is 5.32 Å². The Morgan fingerprint density at radius 3 is 2.60 bits per heavy atom. The number of ether oxygens (including phenoxy) is 2. The Morgan fingerprint density at radius 2 is 1.86 bits per heavy atom. The summed E-state index contributed by atoms with van der Waals surface area (Å²) >= 11 is 20.5. The van der Waals surface area contributed by atoms with Crippen LogP contribution >= 0.6 is 66.8 Å². The maximum absolute atomic E-state index is 12.6. The van der Waals surface area contributed by atoms with Crippen molar-refractivity contribution in [2.75, 3.05) is 6.61 Å². The van der Waals surface area contributed by atoms with E-state index in [0.717, 1.165) is 20.1 Å². The predicted molar refractivity (Wildman–Crippen MR) is 151 cm³/mol. The van der Waals surface area contributed by atoms with Crippen LogP contribution in [-0.4, -0.2) is 17.7 Å². The Hall–Kier alpha value is -1.97. The lowest BCUT2D eigenvalue weighted by molar-refractivity contribution is -0.115. The number of rotatable bonds is 7. The van der Waals surface area contributed by atoms with Crippen LogP contribution in [0.4, 0.5) is 5.69 Å². The lowest BCUT2D eigenvalue weighted by Gasteiger charge is -2.15. The van der Waals surface area contributed by atoms with Crippen LogP contribution in [0.2, 0.25) is 10.0 Å². The summed E-state index contributed by atoms with van der Waals surface area (Å²) in [7, 11) is 0. The summed E-state index contributed by atoms with van der Waals surface area (Å²) in [6.45, 7) is 2.76. The van der Waals surface area contributed by atoms with Crippen LogP contribution in [0.3, 0.4) is 0 Å². The zero-order chi connectivity index (χ0) is 24.9. The molecule has 180 valence electrons. The second kappa shape index (κ2) is 11.8. The van der Waals surface area contributed by atoms with Gasteiger partial charge in [-0.3, -0.25) is 4.79 Å². The molecule has 0 radical (unpaired) electrons. The van der Waals surface area contributed by atoms with Gasteiger partial charge in [0.2, 0.25) is 0 Å². The van der Waals surface area contributed by atoms with E-state index in [0.29, 0.717) is 50.5 Å². The Kier molecular flexibility index (Phi) is 8.83. The van der Waals surface area contributed by atoms with Gasteiger partial charge >= 0.3 is 0 Å². The highest BCUT2D eigenvalue weighted by Crippen LogP contribution is 2.39. The quantitative estimate of drug-likeness (QED) is 0.260. The number of amides is 1. The second-order valence-corrected chi connectivity index (χ2v) is 10.8. The molecule has 35 heavy (non-hydrogen) atoms. The summed E-state index contributed by atoms with van der Waals surface area (Å²) in [5.41, 5.74) is 2.28. The summed E-state index contributed by atoms with van der Waals surface area (Å²) in [5.74, 6) is 0.920. The molecule has 5 nitrogen and oxygen atoms in total. The summed E-state index contributed by atoms with van der Waals surface area (Å²) in [4.78, 5) is 17.5. The number of aliphatic imine (C=N–C) groups is 1. The van der Waals surface area contributed by atoms with Gasteiger partial charge in [-0.1, -0.05) is 57.3 Å². The molecule has 1 aliphatic heterocycles. The van der Waals surface area contributed by atoms with Crippen LogP contribution in [0.15, 0.2) is 73.4 Å². The Morgan fingerprint density at radius 1 is 1.09 bits per heavy atom. The third kappa shape index (κ3) is 6.62. The highest BCUT2D eigenvalue weighted by Gasteiger charge is 2.25. The Bertz CT molecular complexity index is 1330. The molecule has 0 aliphatic carbocycles. The van der Waals surface area contributed by atoms with E-state index in [9.17, 15) is 4.79 Å². The lowest BCUT2D eigenvalue weighted by Crippen LogP contribution is -2.19. The van der Waals surface area contributed by atoms with Crippen LogP contribution in [0.25, 0.3) is 6.08 Å². The number of hydrogen-bond acceptors (Lipinski definition) is 5. The molecular weight excluding hydrogens is 639 g/mol. The van der Waals surface area contributed by atoms with Gasteiger partial charge < -0.3 is 14.8 Å². The number of hydrogen-bond donors (Lipinski definition) is 1. The zero-order valence-corrected chi connectivity index (χ0v) is 23.8. The van der Waals surface area contributed by atoms with Gasteiger partial charge in [0.15, 0.2) is 16.7 Å². The minimum absolute atomic E-state index is 0.253. The smallest absolute Gasteiger partial charge is 0.264 e. The van der Waals surface area contributed by atoms with E-state index in [-0.39, 0.29) is 5.91 Å². The molecule has 3 aromatic carbocycles. The van der Waals surface area contributed by atoms with Crippen molar-refractivity contribution in [1.29, 1.82) is 0 Å². The van der Waals surface area contributed by atoms with Crippen molar-refractivity contribution < 1.29 is 14.3 Å². The first kappa shape index (κ1) is 26.1. The molecule has 4 rings (SSSR count). The molecule has 1 saturated heterocycles. The van der Waals surface area contributed by atoms with E-state index >= 15 is 0 Å². The van der Waals surface area contributed by atoms with E-state index in [1.54, 1.807) is 24.3 Å². The highest BCUT2D eigenvalue weighted by molar-refractivity contribution is 9.10. The zero-order valence-electron chi connectivity index (χ0n) is 18.3. The number of amidine groups is 1. The largest absolute Gasteiger partial charge is 0.490 e. The minimum atomic E-state index is -0.253. The minimum Gasteiger partial charge on any atom is -0.490 e. The third-order valence-electron chi connectivity index (χ3n) is 4.73. The van der Waals surface area contributed by atoms with Gasteiger partial charge in [-0.05, 0) is 88.2 Å². The van der Waals surface area contributed by atoms with Crippen LogP contribution in [0.1, 0.15) is 18.1 Å². The summed E-state index contributed by atoms with van der Waals surface area (Å²) in [5, 5.41) is 3.91. The molecule has 1 amide bonds. The van der Waals surface area contributed by atoms with Crippen LogP contribution in [0.5, 0.6) is 11.5 Å². The fraction of sp³-hybridized carbons (Fsp3) is 0.120. The molecule has 0 atom stereocenters. The van der Waals surface area contributed by atoms with Crippen molar-refractivity contribution >= 4 is 89.7 Å². The van der Waals surface area contributed by atoms with Crippen molar-refractivity contribution in [2.45, 2.75) is 13.5 Å². The fourth-order valence-corrected chi connectivity index (χ4v) is 5.14. The van der Waals surface area contributed by atoms with Gasteiger partial charge in [-0.2, -0.15) is 0 Å². The molecule has 1 aliphatic rings. The fourth-order valence-electron chi connectivity index (χ4n) is 3.13. The number of thioether (sulfide) groups is 1. The van der Waals surface area contributed by atoms with Gasteiger partial charge in [0, 0.05) is 4.47 Å². The first-order valence-electron chi connectivity index (χ1n) is 10.4. The first-order valence-corrected chi connectivity index (χ1v) is 13.6. The highest BCUT2D eigenvalue weighted by atomic mass is 79.9. The van der Waals surface area contributed by atoms with E-state index < -0.39 is 0 Å². The lowest BCUT2D eigenvalue weighted by atomic mass is 10.1.